The molecule has 2 rings (SSSR count). The number of carbonyl (C=O) groups excluding carboxylic acids is 2. The van der Waals surface area contributed by atoms with Crippen LogP contribution in [-0.2, 0) is 4.79 Å². The molecule has 1 aromatic carbocycles. The average molecular weight is 274 g/mol. The Morgan fingerprint density at radius 1 is 1.20 bits per heavy atom. The molecule has 4 heteroatoms. The fourth-order valence-corrected chi connectivity index (χ4v) is 2.36. The minimum atomic E-state index is -0.882. The maximum Gasteiger partial charge on any atom is 0.254 e. The van der Waals surface area contributed by atoms with Crippen LogP contribution in [0.3, 0.4) is 0 Å². The first-order valence-electron chi connectivity index (χ1n) is 7.06. The summed E-state index contributed by atoms with van der Waals surface area (Å²) in [7, 11) is 0. The first-order valence-corrected chi connectivity index (χ1v) is 7.06. The topological polar surface area (TPSA) is 49.4 Å². The molecule has 20 heavy (non-hydrogen) atoms. The second-order valence-corrected chi connectivity index (χ2v) is 6.24. The van der Waals surface area contributed by atoms with Gasteiger partial charge in [-0.3, -0.25) is 9.59 Å². The molecule has 108 valence electrons. The van der Waals surface area contributed by atoms with Gasteiger partial charge in [-0.25, -0.2) is 0 Å². The summed E-state index contributed by atoms with van der Waals surface area (Å²) in [5.41, 5.74) is 0.393. The van der Waals surface area contributed by atoms with Gasteiger partial charge in [0.25, 0.3) is 11.8 Å². The molecule has 0 bridgehead atoms. The lowest BCUT2D eigenvalue weighted by Gasteiger charge is -2.30. The van der Waals surface area contributed by atoms with Gasteiger partial charge in [0, 0.05) is 6.54 Å². The predicted molar refractivity (Wildman–Crippen MR) is 79.8 cm³/mol. The lowest BCUT2D eigenvalue weighted by Crippen LogP contribution is -2.54. The number of benzene rings is 1. The number of fused-ring (bicyclic) bond motifs is 1. The number of amides is 2. The summed E-state index contributed by atoms with van der Waals surface area (Å²) in [6.07, 6.45) is 0.907. The standard InChI is InChI=1S/C16H22N2O2/c1-11(2)9-10-18-13-8-6-5-7-12(13)14(19)17-16(3,4)15(18)20/h5-8,11H,9-10H2,1-4H3,(H,17,19). The summed E-state index contributed by atoms with van der Waals surface area (Å²) < 4.78 is 0. The largest absolute Gasteiger partial charge is 0.338 e. The van der Waals surface area contributed by atoms with Gasteiger partial charge in [0.1, 0.15) is 5.54 Å². The zero-order chi connectivity index (χ0) is 14.9. The van der Waals surface area contributed by atoms with E-state index in [9.17, 15) is 9.59 Å². The van der Waals surface area contributed by atoms with E-state index in [2.05, 4.69) is 19.2 Å². The number of para-hydroxylation sites is 1. The molecule has 0 unspecified atom stereocenters. The van der Waals surface area contributed by atoms with E-state index in [1.54, 1.807) is 24.8 Å². The van der Waals surface area contributed by atoms with Crippen LogP contribution in [-0.4, -0.2) is 23.9 Å². The van der Waals surface area contributed by atoms with Crippen LogP contribution in [0.15, 0.2) is 24.3 Å². The Bertz CT molecular complexity index is 535. The fourth-order valence-electron chi connectivity index (χ4n) is 2.36. The van der Waals surface area contributed by atoms with Gasteiger partial charge >= 0.3 is 0 Å². The van der Waals surface area contributed by atoms with Crippen molar-refractivity contribution in [2.24, 2.45) is 5.92 Å². The van der Waals surface area contributed by atoms with Crippen molar-refractivity contribution in [3.05, 3.63) is 29.8 Å². The molecule has 0 atom stereocenters. The van der Waals surface area contributed by atoms with Gasteiger partial charge in [0.05, 0.1) is 11.3 Å². The van der Waals surface area contributed by atoms with Crippen molar-refractivity contribution in [1.82, 2.24) is 5.32 Å². The first-order chi connectivity index (χ1) is 9.33. The number of nitrogens with one attached hydrogen (secondary N) is 1. The fraction of sp³-hybridized carbons (Fsp3) is 0.500. The smallest absolute Gasteiger partial charge is 0.254 e. The van der Waals surface area contributed by atoms with Gasteiger partial charge in [-0.05, 0) is 38.3 Å². The minimum absolute atomic E-state index is 0.0588. The third-order valence-electron chi connectivity index (χ3n) is 3.58. The molecule has 0 radical (unpaired) electrons. The third kappa shape index (κ3) is 2.69. The number of rotatable bonds is 3. The highest BCUT2D eigenvalue weighted by molar-refractivity contribution is 6.12. The summed E-state index contributed by atoms with van der Waals surface area (Å²) in [4.78, 5) is 26.7. The van der Waals surface area contributed by atoms with Crippen molar-refractivity contribution < 1.29 is 9.59 Å². The number of anilines is 1. The number of carbonyl (C=O) groups is 2. The van der Waals surface area contributed by atoms with Crippen molar-refractivity contribution in [2.75, 3.05) is 11.4 Å². The van der Waals surface area contributed by atoms with Gasteiger partial charge in [0.15, 0.2) is 0 Å². The van der Waals surface area contributed by atoms with Gasteiger partial charge < -0.3 is 10.2 Å². The van der Waals surface area contributed by atoms with E-state index in [0.29, 0.717) is 23.7 Å². The van der Waals surface area contributed by atoms with Crippen molar-refractivity contribution >= 4 is 17.5 Å². The lowest BCUT2D eigenvalue weighted by atomic mass is 10.0. The van der Waals surface area contributed by atoms with E-state index in [1.165, 1.54) is 0 Å². The maximum atomic E-state index is 12.7. The Balaban J connectivity index is 2.46. The number of hydrogen-bond donors (Lipinski definition) is 1. The predicted octanol–water partition coefficient (Wildman–Crippen LogP) is 2.59. The molecule has 0 aromatic heterocycles. The summed E-state index contributed by atoms with van der Waals surface area (Å²) >= 11 is 0. The molecular weight excluding hydrogens is 252 g/mol. The SMILES string of the molecule is CC(C)CCN1C(=O)C(C)(C)NC(=O)c2ccccc21. The molecule has 0 spiro atoms. The molecular formula is C16H22N2O2. The van der Waals surface area contributed by atoms with Crippen LogP contribution < -0.4 is 10.2 Å². The zero-order valence-corrected chi connectivity index (χ0v) is 12.6. The Kier molecular flexibility index (Phi) is 3.84. The molecule has 1 heterocycles. The highest BCUT2D eigenvalue weighted by Gasteiger charge is 2.38. The van der Waals surface area contributed by atoms with Crippen LogP contribution in [0.1, 0.15) is 44.5 Å². The third-order valence-corrected chi connectivity index (χ3v) is 3.58. The number of nitrogens with zero attached hydrogens (tertiary/aromatic N) is 1. The molecule has 2 amide bonds. The second kappa shape index (κ2) is 5.27. The summed E-state index contributed by atoms with van der Waals surface area (Å²) in [5.74, 6) is 0.257. The molecule has 1 N–H and O–H groups in total. The van der Waals surface area contributed by atoms with E-state index >= 15 is 0 Å². The van der Waals surface area contributed by atoms with Crippen molar-refractivity contribution in [1.29, 1.82) is 0 Å². The van der Waals surface area contributed by atoms with Crippen molar-refractivity contribution in [3.8, 4) is 0 Å². The zero-order valence-electron chi connectivity index (χ0n) is 12.6. The Hall–Kier alpha value is -1.84. The molecule has 1 aliphatic rings. The van der Waals surface area contributed by atoms with Crippen LogP contribution in [0.5, 0.6) is 0 Å². The monoisotopic (exact) mass is 274 g/mol. The average Bonchev–Trinajstić information content (AvgIpc) is 2.44. The Morgan fingerprint density at radius 3 is 2.50 bits per heavy atom. The van der Waals surface area contributed by atoms with Crippen LogP contribution >= 0.6 is 0 Å². The van der Waals surface area contributed by atoms with Gasteiger partial charge in [-0.2, -0.15) is 0 Å². The normalized spacial score (nSPS) is 17.8. The Morgan fingerprint density at radius 2 is 1.85 bits per heavy atom. The molecule has 1 aliphatic heterocycles. The number of hydrogen-bond acceptors (Lipinski definition) is 2. The van der Waals surface area contributed by atoms with E-state index in [4.69, 9.17) is 0 Å². The summed E-state index contributed by atoms with van der Waals surface area (Å²) in [6.45, 7) is 8.39. The minimum Gasteiger partial charge on any atom is -0.338 e. The second-order valence-electron chi connectivity index (χ2n) is 6.24. The highest BCUT2D eigenvalue weighted by atomic mass is 16.2. The molecule has 0 saturated carbocycles. The van der Waals surface area contributed by atoms with Crippen LogP contribution in [0.25, 0.3) is 0 Å². The van der Waals surface area contributed by atoms with Gasteiger partial charge in [-0.15, -0.1) is 0 Å². The van der Waals surface area contributed by atoms with Gasteiger partial charge in [-0.1, -0.05) is 26.0 Å². The highest BCUT2D eigenvalue weighted by Crippen LogP contribution is 2.27. The van der Waals surface area contributed by atoms with E-state index in [-0.39, 0.29) is 11.8 Å². The maximum absolute atomic E-state index is 12.7. The summed E-state index contributed by atoms with van der Waals surface area (Å²) in [6, 6.07) is 7.29. The van der Waals surface area contributed by atoms with E-state index in [1.807, 2.05) is 18.2 Å². The van der Waals surface area contributed by atoms with E-state index < -0.39 is 5.54 Å². The first kappa shape index (κ1) is 14.6. The molecule has 0 aliphatic carbocycles. The quantitative estimate of drug-likeness (QED) is 0.921. The molecule has 0 fully saturated rings. The lowest BCUT2D eigenvalue weighted by molar-refractivity contribution is -0.123. The molecule has 4 nitrogen and oxygen atoms in total. The van der Waals surface area contributed by atoms with Gasteiger partial charge in [0.2, 0.25) is 0 Å². The van der Waals surface area contributed by atoms with Crippen LogP contribution in [0.4, 0.5) is 5.69 Å². The van der Waals surface area contributed by atoms with Crippen molar-refractivity contribution in [3.63, 3.8) is 0 Å². The van der Waals surface area contributed by atoms with Crippen LogP contribution in [0.2, 0.25) is 0 Å². The van der Waals surface area contributed by atoms with Crippen LogP contribution in [0, 0.1) is 5.92 Å². The summed E-state index contributed by atoms with van der Waals surface area (Å²) in [5, 5.41) is 2.81. The van der Waals surface area contributed by atoms with E-state index in [0.717, 1.165) is 6.42 Å². The molecule has 1 aromatic rings. The molecule has 0 saturated heterocycles. The van der Waals surface area contributed by atoms with Crippen molar-refractivity contribution in [2.45, 2.75) is 39.7 Å². The Labute approximate surface area is 120 Å².